The topological polar surface area (TPSA) is 47.6 Å². The second-order valence-electron chi connectivity index (χ2n) is 1.64. The molecule has 0 atom stereocenters. The molecular weight excluding hydrogens is 141 g/mol. The summed E-state index contributed by atoms with van der Waals surface area (Å²) in [5, 5.41) is 3.03. The summed E-state index contributed by atoms with van der Waals surface area (Å²) in [4.78, 5) is 0. The van der Waals surface area contributed by atoms with Crippen LogP contribution in [0.1, 0.15) is 0 Å². The SMILES string of the molecule is O=[P+]1OCCNCCO1. The second-order valence-corrected chi connectivity index (χ2v) is 2.60. The average Bonchev–Trinajstić information content (AvgIpc) is 1.79. The van der Waals surface area contributed by atoms with Crippen LogP contribution in [0.5, 0.6) is 0 Å². The number of nitrogens with one attached hydrogen (secondary N) is 1. The molecule has 0 amide bonds. The monoisotopic (exact) mass is 150 g/mol. The van der Waals surface area contributed by atoms with Crippen LogP contribution in [-0.4, -0.2) is 26.3 Å². The van der Waals surface area contributed by atoms with E-state index >= 15 is 0 Å². The average molecular weight is 150 g/mol. The summed E-state index contributed by atoms with van der Waals surface area (Å²) in [7, 11) is -1.83. The molecule has 1 N–H and O–H groups in total. The van der Waals surface area contributed by atoms with E-state index in [-0.39, 0.29) is 0 Å². The van der Waals surface area contributed by atoms with Crippen LogP contribution in [0.4, 0.5) is 0 Å². The van der Waals surface area contributed by atoms with Gasteiger partial charge in [0.1, 0.15) is 13.2 Å². The first kappa shape index (κ1) is 7.09. The molecular formula is C4H9NO3P+. The molecule has 1 heterocycles. The van der Waals surface area contributed by atoms with E-state index in [0.717, 1.165) is 13.1 Å². The van der Waals surface area contributed by atoms with Gasteiger partial charge in [-0.1, -0.05) is 0 Å². The second kappa shape index (κ2) is 3.90. The molecule has 0 bridgehead atoms. The van der Waals surface area contributed by atoms with Gasteiger partial charge in [-0.05, 0) is 0 Å². The Labute approximate surface area is 54.5 Å². The lowest BCUT2D eigenvalue weighted by atomic mass is 10.6. The lowest BCUT2D eigenvalue weighted by molar-refractivity contribution is 0.206. The molecule has 0 spiro atoms. The van der Waals surface area contributed by atoms with E-state index in [4.69, 9.17) is 9.05 Å². The Morgan fingerprint density at radius 2 is 1.78 bits per heavy atom. The lowest BCUT2D eigenvalue weighted by Gasteiger charge is -2.00. The standard InChI is InChI=1S/C4H9NO3P/c6-9-7-3-1-5-2-4-8-9/h5H,1-4H2/q+1. The third kappa shape index (κ3) is 2.87. The maximum Gasteiger partial charge on any atom is 0.697 e. The van der Waals surface area contributed by atoms with E-state index in [1.165, 1.54) is 0 Å². The van der Waals surface area contributed by atoms with Gasteiger partial charge in [0.05, 0.1) is 0 Å². The molecule has 1 aliphatic rings. The van der Waals surface area contributed by atoms with Crippen LogP contribution in [0.15, 0.2) is 0 Å². The minimum Gasteiger partial charge on any atom is -0.312 e. The molecule has 0 unspecified atom stereocenters. The zero-order valence-corrected chi connectivity index (χ0v) is 5.89. The molecule has 52 valence electrons. The molecule has 0 aliphatic carbocycles. The van der Waals surface area contributed by atoms with E-state index in [9.17, 15) is 4.57 Å². The summed E-state index contributed by atoms with van der Waals surface area (Å²) in [5.74, 6) is 0. The first-order valence-electron chi connectivity index (χ1n) is 2.83. The summed E-state index contributed by atoms with van der Waals surface area (Å²) in [6.07, 6.45) is 0. The molecule has 1 aliphatic heterocycles. The van der Waals surface area contributed by atoms with Crippen molar-refractivity contribution in [2.24, 2.45) is 0 Å². The molecule has 5 heteroatoms. The van der Waals surface area contributed by atoms with Crippen LogP contribution in [-0.2, 0) is 13.6 Å². The molecule has 1 rings (SSSR count). The van der Waals surface area contributed by atoms with Crippen LogP contribution in [0.3, 0.4) is 0 Å². The third-order valence-electron chi connectivity index (χ3n) is 0.951. The Kier molecular flexibility index (Phi) is 3.08. The quantitative estimate of drug-likeness (QED) is 0.504. The zero-order valence-electron chi connectivity index (χ0n) is 5.00. The minimum absolute atomic E-state index is 0.467. The molecule has 0 saturated carbocycles. The minimum atomic E-state index is -1.83. The van der Waals surface area contributed by atoms with Crippen molar-refractivity contribution in [2.75, 3.05) is 26.3 Å². The van der Waals surface area contributed by atoms with Gasteiger partial charge in [0.2, 0.25) is 0 Å². The van der Waals surface area contributed by atoms with Gasteiger partial charge in [-0.3, -0.25) is 0 Å². The van der Waals surface area contributed by atoms with Crippen LogP contribution in [0.25, 0.3) is 0 Å². The van der Waals surface area contributed by atoms with Crippen LogP contribution in [0.2, 0.25) is 0 Å². The zero-order chi connectivity index (χ0) is 6.53. The molecule has 0 radical (unpaired) electrons. The van der Waals surface area contributed by atoms with Crippen molar-refractivity contribution in [3.63, 3.8) is 0 Å². The summed E-state index contributed by atoms with van der Waals surface area (Å²) in [6.45, 7) is 2.44. The highest BCUT2D eigenvalue weighted by molar-refractivity contribution is 7.33. The van der Waals surface area contributed by atoms with Crippen molar-refractivity contribution in [2.45, 2.75) is 0 Å². The van der Waals surface area contributed by atoms with Gasteiger partial charge in [-0.2, -0.15) is 0 Å². The fourth-order valence-electron chi connectivity index (χ4n) is 0.547. The van der Waals surface area contributed by atoms with Gasteiger partial charge in [0, 0.05) is 17.7 Å². The Hall–Kier alpha value is -0.0200. The smallest absolute Gasteiger partial charge is 0.312 e. The Bertz CT molecular complexity index is 98.0. The largest absolute Gasteiger partial charge is 0.697 e. The molecule has 1 fully saturated rings. The summed E-state index contributed by atoms with van der Waals surface area (Å²) >= 11 is 0. The summed E-state index contributed by atoms with van der Waals surface area (Å²) < 4.78 is 19.9. The fourth-order valence-corrected chi connectivity index (χ4v) is 1.10. The maximum absolute atomic E-state index is 10.5. The molecule has 4 nitrogen and oxygen atoms in total. The summed E-state index contributed by atoms with van der Waals surface area (Å²) in [5.41, 5.74) is 0. The molecule has 0 aromatic heterocycles. The molecule has 1 saturated heterocycles. The van der Waals surface area contributed by atoms with Crippen molar-refractivity contribution in [3.05, 3.63) is 0 Å². The highest BCUT2D eigenvalue weighted by Gasteiger charge is 2.20. The van der Waals surface area contributed by atoms with E-state index in [1.54, 1.807) is 0 Å². The Morgan fingerprint density at radius 3 is 2.33 bits per heavy atom. The highest BCUT2D eigenvalue weighted by atomic mass is 31.1. The van der Waals surface area contributed by atoms with Gasteiger partial charge in [0.15, 0.2) is 0 Å². The van der Waals surface area contributed by atoms with Gasteiger partial charge in [-0.25, -0.2) is 0 Å². The first-order valence-corrected chi connectivity index (χ1v) is 3.93. The van der Waals surface area contributed by atoms with E-state index < -0.39 is 8.25 Å². The van der Waals surface area contributed by atoms with Crippen molar-refractivity contribution in [1.29, 1.82) is 0 Å². The van der Waals surface area contributed by atoms with Crippen molar-refractivity contribution in [3.8, 4) is 0 Å². The van der Waals surface area contributed by atoms with Crippen molar-refractivity contribution < 1.29 is 13.6 Å². The molecule has 0 aromatic carbocycles. The fraction of sp³-hybridized carbons (Fsp3) is 1.00. The number of hydrogen-bond acceptors (Lipinski definition) is 4. The Morgan fingerprint density at radius 1 is 1.22 bits per heavy atom. The predicted octanol–water partition coefficient (Wildman–Crippen LogP) is 0.280. The van der Waals surface area contributed by atoms with Crippen LogP contribution < -0.4 is 5.32 Å². The van der Waals surface area contributed by atoms with Gasteiger partial charge < -0.3 is 5.32 Å². The van der Waals surface area contributed by atoms with Crippen LogP contribution >= 0.6 is 8.25 Å². The highest BCUT2D eigenvalue weighted by Crippen LogP contribution is 2.22. The molecule has 0 aromatic rings. The number of hydrogen-bond donors (Lipinski definition) is 1. The van der Waals surface area contributed by atoms with E-state index in [2.05, 4.69) is 5.32 Å². The van der Waals surface area contributed by atoms with Crippen LogP contribution in [0, 0.1) is 0 Å². The van der Waals surface area contributed by atoms with Crippen molar-refractivity contribution >= 4 is 8.25 Å². The van der Waals surface area contributed by atoms with E-state index in [1.807, 2.05) is 0 Å². The van der Waals surface area contributed by atoms with Crippen molar-refractivity contribution in [1.82, 2.24) is 5.32 Å². The summed E-state index contributed by atoms with van der Waals surface area (Å²) in [6, 6.07) is 0. The maximum atomic E-state index is 10.5. The number of rotatable bonds is 0. The third-order valence-corrected chi connectivity index (χ3v) is 1.74. The first-order chi connectivity index (χ1) is 4.39. The lowest BCUT2D eigenvalue weighted by Crippen LogP contribution is -2.24. The predicted molar refractivity (Wildman–Crippen MR) is 32.4 cm³/mol. The van der Waals surface area contributed by atoms with Gasteiger partial charge in [0.25, 0.3) is 0 Å². The van der Waals surface area contributed by atoms with Gasteiger partial charge >= 0.3 is 8.25 Å². The Balaban J connectivity index is 2.20. The molecule has 9 heavy (non-hydrogen) atoms. The van der Waals surface area contributed by atoms with Gasteiger partial charge in [-0.15, -0.1) is 9.05 Å². The normalized spacial score (nSPS) is 22.9. The van der Waals surface area contributed by atoms with E-state index in [0.29, 0.717) is 13.2 Å².